The number of hydrogen-bond donors (Lipinski definition) is 2. The summed E-state index contributed by atoms with van der Waals surface area (Å²) in [7, 11) is 3.41. The molecule has 6 heterocycles. The van der Waals surface area contributed by atoms with Crippen LogP contribution < -0.4 is 15.5 Å². The average Bonchev–Trinajstić information content (AvgIpc) is 3.70. The number of aryl methyl sites for hydroxylation is 2. The van der Waals surface area contributed by atoms with E-state index in [1.165, 1.54) is 0 Å². The Hall–Kier alpha value is -4.04. The van der Waals surface area contributed by atoms with Gasteiger partial charge in [0.05, 0.1) is 25.3 Å². The summed E-state index contributed by atoms with van der Waals surface area (Å²) in [5.41, 5.74) is 4.96. The predicted molar refractivity (Wildman–Crippen MR) is 174 cm³/mol. The Kier molecular flexibility index (Phi) is 8.88. The molecule has 252 valence electrons. The molecule has 0 aliphatic carbocycles. The van der Waals surface area contributed by atoms with Crippen molar-refractivity contribution >= 4 is 23.4 Å². The van der Waals surface area contributed by atoms with Gasteiger partial charge >= 0.3 is 6.03 Å². The molecule has 2 N–H and O–H groups in total. The number of nitrogens with one attached hydrogen (secondary N) is 2. The van der Waals surface area contributed by atoms with Crippen LogP contribution in [0.2, 0.25) is 0 Å². The molecule has 2 fully saturated rings. The summed E-state index contributed by atoms with van der Waals surface area (Å²) in [6.45, 7) is 7.02. The number of carbonyl (C=O) groups excluding carboxylic acids is 2. The van der Waals surface area contributed by atoms with Gasteiger partial charge in [-0.25, -0.2) is 13.6 Å². The van der Waals surface area contributed by atoms with Gasteiger partial charge in [0.1, 0.15) is 0 Å². The normalized spacial score (nSPS) is 19.2. The lowest BCUT2D eigenvalue weighted by Crippen LogP contribution is -2.49. The lowest BCUT2D eigenvalue weighted by molar-refractivity contribution is -0.133. The van der Waals surface area contributed by atoms with Gasteiger partial charge in [-0.2, -0.15) is 10.2 Å². The molecule has 2 saturated heterocycles. The minimum Gasteiger partial charge on any atom is -0.341 e. The number of likely N-dealkylation sites (tertiary alicyclic amines) is 1. The molecule has 14 heteroatoms. The number of piperidine rings is 1. The van der Waals surface area contributed by atoms with Gasteiger partial charge in [0.15, 0.2) is 5.82 Å². The molecular formula is C33H44F2N10O2. The molecule has 0 bridgehead atoms. The van der Waals surface area contributed by atoms with Gasteiger partial charge in [0, 0.05) is 107 Å². The van der Waals surface area contributed by atoms with Crippen molar-refractivity contribution in [1.82, 2.24) is 44.9 Å². The number of amides is 3. The third-order valence-corrected chi connectivity index (χ3v) is 10.2. The van der Waals surface area contributed by atoms with E-state index >= 15 is 0 Å². The predicted octanol–water partition coefficient (Wildman–Crippen LogP) is 3.07. The van der Waals surface area contributed by atoms with Crippen LogP contribution >= 0.6 is 0 Å². The zero-order valence-corrected chi connectivity index (χ0v) is 27.2. The highest BCUT2D eigenvalue weighted by atomic mass is 19.3. The zero-order valence-electron chi connectivity index (χ0n) is 27.2. The fraction of sp³-hybridized carbons (Fsp3) is 0.576. The maximum absolute atomic E-state index is 14.6. The van der Waals surface area contributed by atoms with E-state index in [2.05, 4.69) is 30.2 Å². The fourth-order valence-corrected chi connectivity index (χ4v) is 7.66. The first-order valence-corrected chi connectivity index (χ1v) is 16.8. The number of urea groups is 1. The van der Waals surface area contributed by atoms with Gasteiger partial charge < -0.3 is 25.3 Å². The Bertz CT molecular complexity index is 1620. The highest BCUT2D eigenvalue weighted by Gasteiger charge is 2.35. The van der Waals surface area contributed by atoms with Crippen LogP contribution in [0.3, 0.4) is 0 Å². The van der Waals surface area contributed by atoms with E-state index in [0.717, 1.165) is 80.2 Å². The third-order valence-electron chi connectivity index (χ3n) is 10.2. The molecule has 4 aliphatic rings. The average molecular weight is 651 g/mol. The first-order chi connectivity index (χ1) is 22.8. The third kappa shape index (κ3) is 6.20. The number of anilines is 2. The van der Waals surface area contributed by atoms with Gasteiger partial charge in [-0.15, -0.1) is 0 Å². The van der Waals surface area contributed by atoms with Gasteiger partial charge in [-0.05, 0) is 48.9 Å². The molecule has 0 atom stereocenters. The van der Waals surface area contributed by atoms with Crippen molar-refractivity contribution in [1.29, 1.82) is 0 Å². The molecule has 3 amide bonds. The summed E-state index contributed by atoms with van der Waals surface area (Å²) < 4.78 is 32.9. The molecule has 0 saturated carbocycles. The van der Waals surface area contributed by atoms with Gasteiger partial charge in [0.25, 0.3) is 6.43 Å². The number of hydrogen-bond acceptors (Lipinski definition) is 7. The second-order valence-corrected chi connectivity index (χ2v) is 13.1. The number of piperazine rings is 1. The Morgan fingerprint density at radius 2 is 1.83 bits per heavy atom. The second-order valence-electron chi connectivity index (χ2n) is 13.1. The largest absolute Gasteiger partial charge is 0.341 e. The van der Waals surface area contributed by atoms with Crippen molar-refractivity contribution in [2.45, 2.75) is 51.1 Å². The standard InChI is InChI=1S/C33H44F2N10O2/c1-36-33(47)43-13-7-28-27(20-43)32(39-45(28)24-5-11-42(12-6-24)30(46)21-41-14-8-37-9-15-41)44-10-3-4-22-16-25(23-18-38-40(2)19-23)26(31(34)35)17-29(22)44/h16-19,24,31,37H,3-15,20-21H2,1-2H3,(H,36,47). The monoisotopic (exact) mass is 650 g/mol. The number of benzene rings is 1. The van der Waals surface area contributed by atoms with Gasteiger partial charge in [-0.3, -0.25) is 19.1 Å². The summed E-state index contributed by atoms with van der Waals surface area (Å²) in [6.07, 6.45) is 4.60. The number of fused-ring (bicyclic) bond motifs is 2. The van der Waals surface area contributed by atoms with Crippen LogP contribution in [0.4, 0.5) is 25.1 Å². The van der Waals surface area contributed by atoms with Crippen LogP contribution in [0, 0.1) is 0 Å². The van der Waals surface area contributed by atoms with Crippen LogP contribution in [-0.4, -0.2) is 112 Å². The Labute approximate surface area is 273 Å². The van der Waals surface area contributed by atoms with Crippen molar-refractivity contribution in [3.8, 4) is 11.1 Å². The summed E-state index contributed by atoms with van der Waals surface area (Å²) in [5.74, 6) is 0.918. The van der Waals surface area contributed by atoms with Crippen molar-refractivity contribution in [2.75, 3.05) is 70.9 Å². The summed E-state index contributed by atoms with van der Waals surface area (Å²) in [6, 6.07) is 3.49. The lowest BCUT2D eigenvalue weighted by atomic mass is 9.92. The number of aromatic nitrogens is 4. The number of rotatable bonds is 6. The first kappa shape index (κ1) is 31.6. The zero-order chi connectivity index (χ0) is 32.7. The van der Waals surface area contributed by atoms with E-state index in [1.54, 1.807) is 42.1 Å². The number of halogens is 2. The number of alkyl halides is 2. The van der Waals surface area contributed by atoms with Gasteiger partial charge in [-0.1, -0.05) is 0 Å². The first-order valence-electron chi connectivity index (χ1n) is 16.8. The summed E-state index contributed by atoms with van der Waals surface area (Å²) >= 11 is 0. The van der Waals surface area contributed by atoms with E-state index in [9.17, 15) is 18.4 Å². The summed E-state index contributed by atoms with van der Waals surface area (Å²) in [4.78, 5) is 33.9. The summed E-state index contributed by atoms with van der Waals surface area (Å²) in [5, 5.41) is 15.5. The quantitative estimate of drug-likeness (QED) is 0.423. The van der Waals surface area contributed by atoms with Crippen molar-refractivity contribution in [3.63, 3.8) is 0 Å². The molecule has 47 heavy (non-hydrogen) atoms. The Morgan fingerprint density at radius 1 is 1.04 bits per heavy atom. The maximum atomic E-state index is 14.6. The van der Waals surface area contributed by atoms with Crippen molar-refractivity contribution in [3.05, 3.63) is 46.9 Å². The smallest absolute Gasteiger partial charge is 0.317 e. The molecule has 0 spiro atoms. The molecule has 2 aromatic heterocycles. The van der Waals surface area contributed by atoms with Crippen molar-refractivity contribution < 1.29 is 18.4 Å². The Morgan fingerprint density at radius 3 is 2.53 bits per heavy atom. The number of nitrogens with zero attached hydrogens (tertiary/aromatic N) is 8. The van der Waals surface area contributed by atoms with Crippen LogP contribution in [0.25, 0.3) is 11.1 Å². The van der Waals surface area contributed by atoms with Crippen LogP contribution in [0.5, 0.6) is 0 Å². The molecule has 3 aromatic rings. The molecule has 1 aromatic carbocycles. The van der Waals surface area contributed by atoms with Crippen LogP contribution in [-0.2, 0) is 31.2 Å². The van der Waals surface area contributed by atoms with E-state index in [-0.39, 0.29) is 23.5 Å². The van der Waals surface area contributed by atoms with E-state index < -0.39 is 6.43 Å². The topological polar surface area (TPSA) is 107 Å². The minimum absolute atomic E-state index is 0.0261. The second kappa shape index (κ2) is 13.2. The molecule has 12 nitrogen and oxygen atoms in total. The lowest BCUT2D eigenvalue weighted by Gasteiger charge is -2.35. The number of carbonyl (C=O) groups is 2. The maximum Gasteiger partial charge on any atom is 0.317 e. The van der Waals surface area contributed by atoms with Crippen molar-refractivity contribution in [2.24, 2.45) is 7.05 Å². The highest BCUT2D eigenvalue weighted by Crippen LogP contribution is 2.43. The SMILES string of the molecule is CNC(=O)N1CCc2c(c(N3CCCc4cc(-c5cnn(C)c5)c(C(F)F)cc43)nn2C2CCN(C(=O)CN3CCNCC3)CC2)C1. The highest BCUT2D eigenvalue weighted by molar-refractivity contribution is 5.79. The molecular weight excluding hydrogens is 606 g/mol. The van der Waals surface area contributed by atoms with E-state index in [0.29, 0.717) is 56.8 Å². The molecule has 7 rings (SSSR count). The van der Waals surface area contributed by atoms with E-state index in [4.69, 9.17) is 5.10 Å². The van der Waals surface area contributed by atoms with Gasteiger partial charge in [0.2, 0.25) is 5.91 Å². The molecule has 0 radical (unpaired) electrons. The Balaban J connectivity index is 1.20. The molecule has 0 unspecified atom stereocenters. The van der Waals surface area contributed by atoms with Crippen LogP contribution in [0.1, 0.15) is 54.1 Å². The minimum atomic E-state index is -2.66. The fourth-order valence-electron chi connectivity index (χ4n) is 7.66. The molecule has 4 aliphatic heterocycles. The van der Waals surface area contributed by atoms with Crippen LogP contribution in [0.15, 0.2) is 24.5 Å². The van der Waals surface area contributed by atoms with E-state index in [1.807, 2.05) is 11.0 Å².